The molecule has 0 aliphatic carbocycles. The highest BCUT2D eigenvalue weighted by Crippen LogP contribution is 2.09. The highest BCUT2D eigenvalue weighted by molar-refractivity contribution is 7.65. The van der Waals surface area contributed by atoms with Crippen molar-refractivity contribution in [3.05, 3.63) is 0 Å². The average Bonchev–Trinajstić information content (AvgIpc) is 1.30. The summed E-state index contributed by atoms with van der Waals surface area (Å²) in [6.07, 6.45) is 0. The Balaban J connectivity index is 3.34. The summed E-state index contributed by atoms with van der Waals surface area (Å²) in [4.78, 5) is 0. The zero-order valence-corrected chi connectivity index (χ0v) is 4.60. The monoisotopic (exact) mass is 127 g/mol. The number of hydrogen-bond acceptors (Lipinski definition) is 1. The van der Waals surface area contributed by atoms with Gasteiger partial charge in [-0.25, -0.2) is 8.78 Å². The second-order valence-electron chi connectivity index (χ2n) is 1.33. The van der Waals surface area contributed by atoms with E-state index in [0.717, 1.165) is 6.92 Å². The van der Waals surface area contributed by atoms with Gasteiger partial charge in [0.25, 0.3) is 5.75 Å². The molecule has 0 aromatic carbocycles. The average molecular weight is 127 g/mol. The summed E-state index contributed by atoms with van der Waals surface area (Å²) in [6.45, 7) is 0.720. The Hall–Kier alpha value is -0.120. The molecule has 0 amide bonds. The first-order valence-corrected chi connectivity index (χ1v) is 2.60. The normalized spacial score (nSPS) is 11.3. The first-order valence-electron chi connectivity index (χ1n) is 1.69. The molecule has 0 spiro atoms. The van der Waals surface area contributed by atoms with Crippen molar-refractivity contribution in [3.8, 4) is 0 Å². The lowest BCUT2D eigenvalue weighted by atomic mass is 10.5. The predicted molar refractivity (Wildman–Crippen MR) is 23.5 cm³/mol. The minimum absolute atomic E-state index is 0.0914. The van der Waals surface area contributed by atoms with Crippen molar-refractivity contribution in [2.24, 2.45) is 0 Å². The number of alkyl halides is 2. The molecular formula is C3H5F2OS+. The maximum absolute atomic E-state index is 11.5. The lowest BCUT2D eigenvalue weighted by molar-refractivity contribution is 0.0487. The Kier molecular flexibility index (Phi) is 2.22. The molecule has 0 atom stereocenters. The standard InChI is InChI=1S/C3H5F2OS/c1-3(4,5)2-7-6/h2H2,1H3/q+1. The van der Waals surface area contributed by atoms with Gasteiger partial charge in [0.15, 0.2) is 0 Å². The molecule has 0 aliphatic heterocycles. The van der Waals surface area contributed by atoms with Crippen LogP contribution in [0.15, 0.2) is 0 Å². The molecule has 0 N–H and O–H groups in total. The van der Waals surface area contributed by atoms with Crippen LogP contribution in [-0.4, -0.2) is 11.7 Å². The minimum Gasteiger partial charge on any atom is -0.201 e. The summed E-state index contributed by atoms with van der Waals surface area (Å²) in [5, 5.41) is 0. The molecule has 0 rings (SSSR count). The summed E-state index contributed by atoms with van der Waals surface area (Å²) in [6, 6.07) is 0. The van der Waals surface area contributed by atoms with Gasteiger partial charge in [-0.05, 0) is 0 Å². The summed E-state index contributed by atoms with van der Waals surface area (Å²) in [5.41, 5.74) is 0. The van der Waals surface area contributed by atoms with E-state index in [0.29, 0.717) is 0 Å². The van der Waals surface area contributed by atoms with Crippen LogP contribution in [0.25, 0.3) is 0 Å². The van der Waals surface area contributed by atoms with Crippen molar-refractivity contribution >= 4 is 11.7 Å². The summed E-state index contributed by atoms with van der Waals surface area (Å²) in [7, 11) is 0. The molecule has 0 unspecified atom stereocenters. The lowest BCUT2D eigenvalue weighted by Gasteiger charge is -1.93. The molecule has 0 bridgehead atoms. The molecule has 1 nitrogen and oxygen atoms in total. The molecule has 4 heteroatoms. The van der Waals surface area contributed by atoms with Crippen LogP contribution in [0.3, 0.4) is 0 Å². The van der Waals surface area contributed by atoms with E-state index in [9.17, 15) is 13.0 Å². The number of rotatable bonds is 2. The van der Waals surface area contributed by atoms with E-state index in [1.54, 1.807) is 0 Å². The Morgan fingerprint density at radius 1 is 1.71 bits per heavy atom. The van der Waals surface area contributed by atoms with Gasteiger partial charge in [-0.2, -0.15) is 0 Å². The molecule has 0 radical (unpaired) electrons. The highest BCUT2D eigenvalue weighted by atomic mass is 32.1. The first-order chi connectivity index (χ1) is 3.06. The Morgan fingerprint density at radius 3 is 2.14 bits per heavy atom. The molecule has 0 fully saturated rings. The van der Waals surface area contributed by atoms with Crippen molar-refractivity contribution in [2.45, 2.75) is 12.8 Å². The van der Waals surface area contributed by atoms with Gasteiger partial charge in [0, 0.05) is 11.1 Å². The summed E-state index contributed by atoms with van der Waals surface area (Å²) >= 11 is -0.0914. The largest absolute Gasteiger partial charge is 0.465 e. The molecule has 0 saturated heterocycles. The Morgan fingerprint density at radius 2 is 2.14 bits per heavy atom. The Labute approximate surface area is 44.2 Å². The molecular weight excluding hydrogens is 122 g/mol. The van der Waals surface area contributed by atoms with Crippen LogP contribution in [0.4, 0.5) is 8.78 Å². The predicted octanol–water partition coefficient (Wildman–Crippen LogP) is 1.07. The highest BCUT2D eigenvalue weighted by Gasteiger charge is 2.28. The lowest BCUT2D eigenvalue weighted by Crippen LogP contribution is -2.14. The third kappa shape index (κ3) is 5.88. The smallest absolute Gasteiger partial charge is 0.201 e. The third-order valence-corrected chi connectivity index (χ3v) is 0.937. The van der Waals surface area contributed by atoms with Gasteiger partial charge in [-0.3, -0.25) is 0 Å². The first kappa shape index (κ1) is 6.88. The topological polar surface area (TPSA) is 17.1 Å². The molecule has 7 heavy (non-hydrogen) atoms. The van der Waals surface area contributed by atoms with Crippen molar-refractivity contribution < 1.29 is 13.0 Å². The number of hydrogen-bond donors (Lipinski definition) is 0. The van der Waals surface area contributed by atoms with Crippen LogP contribution in [-0.2, 0) is 15.9 Å². The van der Waals surface area contributed by atoms with E-state index in [-0.39, 0.29) is 11.7 Å². The fraction of sp³-hybridized carbons (Fsp3) is 1.00. The second kappa shape index (κ2) is 2.26. The van der Waals surface area contributed by atoms with Crippen LogP contribution < -0.4 is 0 Å². The molecule has 0 heterocycles. The van der Waals surface area contributed by atoms with Gasteiger partial charge in [-0.15, -0.1) is 0 Å². The fourth-order valence-corrected chi connectivity index (χ4v) is 0.310. The summed E-state index contributed by atoms with van der Waals surface area (Å²) in [5.74, 6) is -3.43. The van der Waals surface area contributed by atoms with E-state index in [1.807, 2.05) is 0 Å². The van der Waals surface area contributed by atoms with Crippen molar-refractivity contribution in [1.82, 2.24) is 0 Å². The molecule has 0 aromatic rings. The fourth-order valence-electron chi connectivity index (χ4n) is 0.103. The Bertz CT molecular complexity index is 67.8. The van der Waals surface area contributed by atoms with E-state index < -0.39 is 11.7 Å². The van der Waals surface area contributed by atoms with Gasteiger partial charge < -0.3 is 0 Å². The van der Waals surface area contributed by atoms with Gasteiger partial charge in [0.2, 0.25) is 0 Å². The van der Waals surface area contributed by atoms with E-state index in [4.69, 9.17) is 0 Å². The SMILES string of the molecule is CC(F)(F)C[S+]=O. The van der Waals surface area contributed by atoms with Crippen molar-refractivity contribution in [3.63, 3.8) is 0 Å². The zero-order valence-electron chi connectivity index (χ0n) is 3.78. The maximum Gasteiger partial charge on any atom is 0.465 e. The molecule has 0 saturated carbocycles. The van der Waals surface area contributed by atoms with Crippen molar-refractivity contribution in [1.29, 1.82) is 0 Å². The van der Waals surface area contributed by atoms with Gasteiger partial charge in [-0.1, -0.05) is 0 Å². The quantitative estimate of drug-likeness (QED) is 0.507. The van der Waals surface area contributed by atoms with Gasteiger partial charge in [0.05, 0.1) is 0 Å². The van der Waals surface area contributed by atoms with Crippen LogP contribution in [0.5, 0.6) is 0 Å². The zero-order chi connectivity index (χ0) is 5.91. The van der Waals surface area contributed by atoms with E-state index in [2.05, 4.69) is 0 Å². The third-order valence-electron chi connectivity index (χ3n) is 0.312. The molecule has 0 aliphatic rings. The molecule has 42 valence electrons. The van der Waals surface area contributed by atoms with Crippen LogP contribution >= 0.6 is 0 Å². The van der Waals surface area contributed by atoms with Gasteiger partial charge >= 0.3 is 17.6 Å². The number of halogens is 2. The van der Waals surface area contributed by atoms with Crippen LogP contribution in [0, 0.1) is 0 Å². The molecule has 0 aromatic heterocycles. The maximum atomic E-state index is 11.5. The van der Waals surface area contributed by atoms with Crippen LogP contribution in [0.1, 0.15) is 6.92 Å². The minimum atomic E-state index is -2.80. The van der Waals surface area contributed by atoms with E-state index in [1.165, 1.54) is 0 Å². The van der Waals surface area contributed by atoms with E-state index >= 15 is 0 Å². The van der Waals surface area contributed by atoms with Crippen LogP contribution in [0.2, 0.25) is 0 Å². The van der Waals surface area contributed by atoms with Crippen molar-refractivity contribution in [2.75, 3.05) is 5.75 Å². The second-order valence-corrected chi connectivity index (χ2v) is 1.86. The summed E-state index contributed by atoms with van der Waals surface area (Å²) < 4.78 is 32.4. The van der Waals surface area contributed by atoms with Gasteiger partial charge in [0.1, 0.15) is 0 Å².